The lowest BCUT2D eigenvalue weighted by molar-refractivity contribution is -0.384. The summed E-state index contributed by atoms with van der Waals surface area (Å²) < 4.78 is 37.7. The highest BCUT2D eigenvalue weighted by molar-refractivity contribution is 7.89. The lowest BCUT2D eigenvalue weighted by Gasteiger charge is -2.26. The largest absolute Gasteiger partial charge is 0.494 e. The first-order chi connectivity index (χ1) is 14.9. The first-order valence-corrected chi connectivity index (χ1v) is 11.7. The molecule has 1 aliphatic heterocycles. The summed E-state index contributed by atoms with van der Waals surface area (Å²) in [6.45, 7) is 3.61. The Morgan fingerprint density at radius 3 is 2.71 bits per heavy atom. The van der Waals surface area contributed by atoms with E-state index in [1.165, 1.54) is 16.4 Å². The Balaban J connectivity index is 1.52. The highest BCUT2D eigenvalue weighted by Gasteiger charge is 2.40. The summed E-state index contributed by atoms with van der Waals surface area (Å²) in [6, 6.07) is 11.9. The highest BCUT2D eigenvalue weighted by Crippen LogP contribution is 2.45. The number of anilines is 1. The normalized spacial score (nSPS) is 21.5. The Hall–Kier alpha value is -2.69. The van der Waals surface area contributed by atoms with E-state index in [4.69, 9.17) is 9.47 Å². The Morgan fingerprint density at radius 1 is 1.23 bits per heavy atom. The zero-order valence-electron chi connectivity index (χ0n) is 17.2. The molecule has 2 aliphatic rings. The summed E-state index contributed by atoms with van der Waals surface area (Å²) >= 11 is 0. The van der Waals surface area contributed by atoms with Crippen LogP contribution in [0.15, 0.2) is 47.4 Å². The summed E-state index contributed by atoms with van der Waals surface area (Å²) in [7, 11) is -3.80. The van der Waals surface area contributed by atoms with Crippen molar-refractivity contribution in [3.05, 3.63) is 58.1 Å². The van der Waals surface area contributed by atoms with E-state index in [2.05, 4.69) is 5.32 Å². The number of nitrogens with zero attached hydrogens (tertiary/aromatic N) is 2. The number of rotatable bonds is 8. The third-order valence-corrected chi connectivity index (χ3v) is 7.40. The van der Waals surface area contributed by atoms with E-state index in [1.807, 2.05) is 31.2 Å². The molecule has 0 bridgehead atoms. The molecule has 0 unspecified atom stereocenters. The number of ether oxygens (including phenoxy) is 2. The van der Waals surface area contributed by atoms with Gasteiger partial charge in [0.15, 0.2) is 0 Å². The number of nitro groups is 1. The van der Waals surface area contributed by atoms with Gasteiger partial charge in [0.25, 0.3) is 5.69 Å². The third kappa shape index (κ3) is 4.65. The monoisotopic (exact) mass is 447 g/mol. The van der Waals surface area contributed by atoms with Crippen molar-refractivity contribution >= 4 is 21.4 Å². The van der Waals surface area contributed by atoms with Crippen LogP contribution in [0.3, 0.4) is 0 Å². The standard InChI is InChI=1S/C21H25N3O6S/c1-2-30-16-5-3-4-15(12-16)18-14-20(18)22-19-7-6-17(13-21(19)24(25)26)31(27,28)23-8-10-29-11-9-23/h3-7,12-13,18,20,22H,2,8-11,14H2,1H3/t18-,20+/m1/s1. The number of sulfonamides is 1. The van der Waals surface area contributed by atoms with E-state index < -0.39 is 14.9 Å². The van der Waals surface area contributed by atoms with Crippen molar-refractivity contribution in [3.8, 4) is 5.75 Å². The third-order valence-electron chi connectivity index (χ3n) is 5.50. The number of hydrogen-bond donors (Lipinski definition) is 1. The van der Waals surface area contributed by atoms with Crippen molar-refractivity contribution < 1.29 is 22.8 Å². The summed E-state index contributed by atoms with van der Waals surface area (Å²) in [5, 5.41) is 14.9. The molecule has 10 heteroatoms. The van der Waals surface area contributed by atoms with E-state index in [0.717, 1.165) is 23.8 Å². The molecule has 0 spiro atoms. The first kappa shape index (κ1) is 21.5. The van der Waals surface area contributed by atoms with Gasteiger partial charge in [0.1, 0.15) is 11.4 Å². The maximum atomic E-state index is 12.8. The molecule has 2 fully saturated rings. The second kappa shape index (κ2) is 8.81. The van der Waals surface area contributed by atoms with Gasteiger partial charge in [0.05, 0.1) is 29.6 Å². The maximum absolute atomic E-state index is 12.8. The summed E-state index contributed by atoms with van der Waals surface area (Å²) in [5.41, 5.74) is 1.18. The molecule has 1 saturated heterocycles. The van der Waals surface area contributed by atoms with Crippen LogP contribution in [0.5, 0.6) is 5.75 Å². The number of hydrogen-bond acceptors (Lipinski definition) is 7. The van der Waals surface area contributed by atoms with Gasteiger partial charge in [-0.3, -0.25) is 10.1 Å². The SMILES string of the molecule is CCOc1cccc([C@H]2C[C@@H]2Nc2ccc(S(=O)(=O)N3CCOCC3)cc2[N+](=O)[O-])c1. The minimum absolute atomic E-state index is 0.0391. The fraction of sp³-hybridized carbons (Fsp3) is 0.429. The molecule has 1 heterocycles. The number of morpholine rings is 1. The van der Waals surface area contributed by atoms with Crippen molar-refractivity contribution in [1.29, 1.82) is 0 Å². The zero-order valence-corrected chi connectivity index (χ0v) is 18.0. The van der Waals surface area contributed by atoms with Crippen molar-refractivity contribution in [2.24, 2.45) is 0 Å². The van der Waals surface area contributed by atoms with Gasteiger partial charge < -0.3 is 14.8 Å². The van der Waals surface area contributed by atoms with Gasteiger partial charge in [-0.25, -0.2) is 8.42 Å². The van der Waals surface area contributed by atoms with Gasteiger partial charge in [0.2, 0.25) is 10.0 Å². The van der Waals surface area contributed by atoms with Crippen molar-refractivity contribution in [2.75, 3.05) is 38.2 Å². The highest BCUT2D eigenvalue weighted by atomic mass is 32.2. The van der Waals surface area contributed by atoms with Crippen LogP contribution in [0.2, 0.25) is 0 Å². The fourth-order valence-corrected chi connectivity index (χ4v) is 5.23. The fourth-order valence-electron chi connectivity index (χ4n) is 3.81. The average molecular weight is 448 g/mol. The van der Waals surface area contributed by atoms with E-state index in [-0.39, 0.29) is 35.6 Å². The second-order valence-corrected chi connectivity index (χ2v) is 9.49. The topological polar surface area (TPSA) is 111 Å². The van der Waals surface area contributed by atoms with Crippen LogP contribution in [0.1, 0.15) is 24.8 Å². The Kier molecular flexibility index (Phi) is 6.12. The van der Waals surface area contributed by atoms with Gasteiger partial charge in [-0.15, -0.1) is 0 Å². The van der Waals surface area contributed by atoms with E-state index in [0.29, 0.717) is 25.5 Å². The summed E-state index contributed by atoms with van der Waals surface area (Å²) in [4.78, 5) is 11.0. The zero-order chi connectivity index (χ0) is 22.0. The predicted octanol–water partition coefficient (Wildman–Crippen LogP) is 2.98. The van der Waals surface area contributed by atoms with Gasteiger partial charge in [-0.2, -0.15) is 4.31 Å². The lowest BCUT2D eigenvalue weighted by Crippen LogP contribution is -2.40. The van der Waals surface area contributed by atoms with E-state index >= 15 is 0 Å². The number of nitrogens with one attached hydrogen (secondary N) is 1. The Labute approximate surface area is 181 Å². The molecule has 0 radical (unpaired) electrons. The van der Waals surface area contributed by atoms with Crippen molar-refractivity contribution in [3.63, 3.8) is 0 Å². The van der Waals surface area contributed by atoms with Crippen LogP contribution in [-0.2, 0) is 14.8 Å². The molecule has 9 nitrogen and oxygen atoms in total. The smallest absolute Gasteiger partial charge is 0.293 e. The molecule has 1 N–H and O–H groups in total. The van der Waals surface area contributed by atoms with Crippen LogP contribution >= 0.6 is 0 Å². The molecule has 2 aromatic carbocycles. The van der Waals surface area contributed by atoms with E-state index in [9.17, 15) is 18.5 Å². The van der Waals surface area contributed by atoms with Gasteiger partial charge >= 0.3 is 0 Å². The molecule has 1 aliphatic carbocycles. The van der Waals surface area contributed by atoms with Gasteiger partial charge in [-0.1, -0.05) is 12.1 Å². The average Bonchev–Trinajstić information content (AvgIpc) is 3.54. The molecule has 166 valence electrons. The minimum Gasteiger partial charge on any atom is -0.494 e. The Bertz CT molecular complexity index is 1070. The molecular weight excluding hydrogens is 422 g/mol. The molecule has 2 atom stereocenters. The first-order valence-electron chi connectivity index (χ1n) is 10.3. The maximum Gasteiger partial charge on any atom is 0.293 e. The molecule has 31 heavy (non-hydrogen) atoms. The predicted molar refractivity (Wildman–Crippen MR) is 115 cm³/mol. The quantitative estimate of drug-likeness (QED) is 0.489. The van der Waals surface area contributed by atoms with Crippen LogP contribution in [0.25, 0.3) is 0 Å². The lowest BCUT2D eigenvalue weighted by atomic mass is 10.1. The number of benzene rings is 2. The van der Waals surface area contributed by atoms with Crippen LogP contribution in [0.4, 0.5) is 11.4 Å². The molecule has 2 aromatic rings. The molecule has 1 saturated carbocycles. The van der Waals surface area contributed by atoms with Crippen LogP contribution < -0.4 is 10.1 Å². The van der Waals surface area contributed by atoms with E-state index in [1.54, 1.807) is 0 Å². The van der Waals surface area contributed by atoms with Crippen molar-refractivity contribution in [1.82, 2.24) is 4.31 Å². The van der Waals surface area contributed by atoms with Gasteiger partial charge in [-0.05, 0) is 43.2 Å². The van der Waals surface area contributed by atoms with Gasteiger partial charge in [0, 0.05) is 31.1 Å². The molecule has 0 amide bonds. The summed E-state index contributed by atoms with van der Waals surface area (Å²) in [5.74, 6) is 1.02. The van der Waals surface area contributed by atoms with Crippen LogP contribution in [-0.4, -0.2) is 56.6 Å². The van der Waals surface area contributed by atoms with Crippen molar-refractivity contribution in [2.45, 2.75) is 30.2 Å². The second-order valence-electron chi connectivity index (χ2n) is 7.55. The number of nitro benzene ring substituents is 1. The molecular formula is C21H25N3O6S. The van der Waals surface area contributed by atoms with Crippen LogP contribution in [0, 0.1) is 10.1 Å². The molecule has 4 rings (SSSR count). The minimum atomic E-state index is -3.80. The summed E-state index contributed by atoms with van der Waals surface area (Å²) in [6.07, 6.45) is 0.834. The molecule has 0 aromatic heterocycles. The Morgan fingerprint density at radius 2 is 2.00 bits per heavy atom.